The summed E-state index contributed by atoms with van der Waals surface area (Å²) < 4.78 is 16.7. The highest BCUT2D eigenvalue weighted by Crippen LogP contribution is 2.40. The number of ether oxygens (including phenoxy) is 2. The number of aromatic nitrogens is 2. The molecule has 1 aliphatic heterocycles. The van der Waals surface area contributed by atoms with E-state index in [9.17, 15) is 4.79 Å². The van der Waals surface area contributed by atoms with Crippen molar-refractivity contribution >= 4 is 23.4 Å². The molecular weight excluding hydrogens is 464 g/mol. The molecule has 8 nitrogen and oxygen atoms in total. The van der Waals surface area contributed by atoms with Crippen LogP contribution >= 0.6 is 11.8 Å². The summed E-state index contributed by atoms with van der Waals surface area (Å²) in [6, 6.07) is 12.9. The minimum atomic E-state index is -0.502. The summed E-state index contributed by atoms with van der Waals surface area (Å²) in [7, 11) is 3.17. The molecule has 2 amide bonds. The maximum Gasteiger partial charge on any atom is 0.322 e. The first-order valence-corrected chi connectivity index (χ1v) is 12.6. The number of methoxy groups -OCH3 is 2. The summed E-state index contributed by atoms with van der Waals surface area (Å²) >= 11 is 1.67. The molecule has 3 aromatic rings. The van der Waals surface area contributed by atoms with Crippen molar-refractivity contribution in [3.8, 4) is 22.9 Å². The van der Waals surface area contributed by atoms with Gasteiger partial charge in [0, 0.05) is 22.7 Å². The SMILES string of the molecule is COc1ccc(C2NC(=O)N(CC(C)C)C(C)=C2c2nc(-c3ccc(SC)cc3)no2)cc1OC. The third-order valence-corrected chi connectivity index (χ3v) is 6.63. The normalized spacial score (nSPS) is 16.0. The molecular formula is C26H30N4O4S. The van der Waals surface area contributed by atoms with E-state index in [0.717, 1.165) is 27.3 Å². The molecule has 9 heteroatoms. The van der Waals surface area contributed by atoms with Crippen LogP contribution in [0, 0.1) is 5.92 Å². The van der Waals surface area contributed by atoms with Gasteiger partial charge in [0.1, 0.15) is 0 Å². The fraction of sp³-hybridized carbons (Fsp3) is 0.346. The van der Waals surface area contributed by atoms with E-state index >= 15 is 0 Å². The number of nitrogens with zero attached hydrogens (tertiary/aromatic N) is 3. The average Bonchev–Trinajstić information content (AvgIpc) is 3.35. The van der Waals surface area contributed by atoms with Gasteiger partial charge in [0.05, 0.1) is 25.8 Å². The number of nitrogens with one attached hydrogen (secondary N) is 1. The molecule has 1 unspecified atom stereocenters. The summed E-state index contributed by atoms with van der Waals surface area (Å²) in [5, 5.41) is 7.37. The molecule has 1 aliphatic rings. The van der Waals surface area contributed by atoms with Gasteiger partial charge < -0.3 is 19.3 Å². The molecule has 1 atom stereocenters. The fourth-order valence-electron chi connectivity index (χ4n) is 4.12. The van der Waals surface area contributed by atoms with Gasteiger partial charge in [-0.05, 0) is 61.1 Å². The Morgan fingerprint density at radius 2 is 1.83 bits per heavy atom. The Balaban J connectivity index is 1.81. The predicted octanol–water partition coefficient (Wildman–Crippen LogP) is 5.63. The number of hydrogen-bond acceptors (Lipinski definition) is 7. The topological polar surface area (TPSA) is 89.7 Å². The largest absolute Gasteiger partial charge is 0.493 e. The van der Waals surface area contributed by atoms with Gasteiger partial charge in [-0.15, -0.1) is 11.8 Å². The molecule has 1 N–H and O–H groups in total. The minimum absolute atomic E-state index is 0.174. The molecule has 0 fully saturated rings. The zero-order valence-corrected chi connectivity index (χ0v) is 21.6. The van der Waals surface area contributed by atoms with E-state index in [1.54, 1.807) is 30.9 Å². The minimum Gasteiger partial charge on any atom is -0.493 e. The smallest absolute Gasteiger partial charge is 0.322 e. The highest BCUT2D eigenvalue weighted by atomic mass is 32.2. The number of rotatable bonds is 8. The zero-order valence-electron chi connectivity index (χ0n) is 20.8. The second kappa shape index (κ2) is 10.4. The highest BCUT2D eigenvalue weighted by Gasteiger charge is 2.36. The molecule has 1 aromatic heterocycles. The van der Waals surface area contributed by atoms with Crippen LogP contribution in [0.25, 0.3) is 17.0 Å². The lowest BCUT2D eigenvalue weighted by Gasteiger charge is -2.36. The number of carbonyl (C=O) groups is 1. The van der Waals surface area contributed by atoms with Crippen LogP contribution in [0.4, 0.5) is 4.79 Å². The van der Waals surface area contributed by atoms with Crippen molar-refractivity contribution < 1.29 is 18.8 Å². The molecule has 184 valence electrons. The van der Waals surface area contributed by atoms with Crippen LogP contribution in [0.5, 0.6) is 11.5 Å². The Kier molecular flexibility index (Phi) is 7.35. The number of hydrogen-bond donors (Lipinski definition) is 1. The van der Waals surface area contributed by atoms with Crippen LogP contribution in [0.3, 0.4) is 0 Å². The second-order valence-electron chi connectivity index (χ2n) is 8.65. The first-order chi connectivity index (χ1) is 16.9. The number of benzene rings is 2. The Morgan fingerprint density at radius 3 is 2.46 bits per heavy atom. The molecule has 0 spiro atoms. The lowest BCUT2D eigenvalue weighted by atomic mass is 9.94. The van der Waals surface area contributed by atoms with Crippen molar-refractivity contribution in [3.63, 3.8) is 0 Å². The Bertz CT molecular complexity index is 1240. The van der Waals surface area contributed by atoms with E-state index in [-0.39, 0.29) is 11.9 Å². The van der Waals surface area contributed by atoms with E-state index in [0.29, 0.717) is 29.8 Å². The summed E-state index contributed by atoms with van der Waals surface area (Å²) in [5.41, 5.74) is 3.20. The molecule has 4 rings (SSSR count). The zero-order chi connectivity index (χ0) is 25.1. The van der Waals surface area contributed by atoms with Crippen molar-refractivity contribution in [1.82, 2.24) is 20.4 Å². The second-order valence-corrected chi connectivity index (χ2v) is 9.53. The molecule has 0 radical (unpaired) electrons. The predicted molar refractivity (Wildman–Crippen MR) is 136 cm³/mol. The third kappa shape index (κ3) is 5.00. The quantitative estimate of drug-likeness (QED) is 0.406. The van der Waals surface area contributed by atoms with E-state index in [1.165, 1.54) is 0 Å². The Labute approximate surface area is 209 Å². The first-order valence-electron chi connectivity index (χ1n) is 11.4. The number of amides is 2. The van der Waals surface area contributed by atoms with Gasteiger partial charge in [0.2, 0.25) is 5.82 Å². The number of carbonyl (C=O) groups excluding carboxylic acids is 1. The van der Waals surface area contributed by atoms with Gasteiger partial charge in [0.15, 0.2) is 11.5 Å². The Hall–Kier alpha value is -3.46. The summed E-state index contributed by atoms with van der Waals surface area (Å²) in [6.45, 7) is 6.63. The Morgan fingerprint density at radius 1 is 1.11 bits per heavy atom. The number of allylic oxidation sites excluding steroid dienone is 1. The summed E-state index contributed by atoms with van der Waals surface area (Å²) in [5.74, 6) is 2.31. The van der Waals surface area contributed by atoms with Crippen molar-refractivity contribution in [2.45, 2.75) is 31.7 Å². The van der Waals surface area contributed by atoms with Crippen LogP contribution in [0.1, 0.15) is 38.3 Å². The number of thioether (sulfide) groups is 1. The summed E-state index contributed by atoms with van der Waals surface area (Å²) in [6.07, 6.45) is 2.03. The van der Waals surface area contributed by atoms with Crippen LogP contribution in [-0.2, 0) is 0 Å². The van der Waals surface area contributed by atoms with Crippen LogP contribution in [0.2, 0.25) is 0 Å². The van der Waals surface area contributed by atoms with Crippen molar-refractivity contribution in [1.29, 1.82) is 0 Å². The highest BCUT2D eigenvalue weighted by molar-refractivity contribution is 7.98. The monoisotopic (exact) mass is 494 g/mol. The summed E-state index contributed by atoms with van der Waals surface area (Å²) in [4.78, 5) is 20.7. The first kappa shape index (κ1) is 24.7. The van der Waals surface area contributed by atoms with E-state index in [4.69, 9.17) is 19.0 Å². The molecule has 0 saturated heterocycles. The molecule has 0 aliphatic carbocycles. The average molecular weight is 495 g/mol. The van der Waals surface area contributed by atoms with E-state index in [1.807, 2.05) is 55.6 Å². The van der Waals surface area contributed by atoms with Gasteiger partial charge in [-0.2, -0.15) is 4.98 Å². The van der Waals surface area contributed by atoms with Crippen LogP contribution in [0.15, 0.2) is 57.6 Å². The maximum absolute atomic E-state index is 13.1. The van der Waals surface area contributed by atoms with Gasteiger partial charge in [0.25, 0.3) is 5.89 Å². The third-order valence-electron chi connectivity index (χ3n) is 5.89. The van der Waals surface area contributed by atoms with Crippen molar-refractivity contribution in [3.05, 3.63) is 59.6 Å². The van der Waals surface area contributed by atoms with Crippen molar-refractivity contribution in [2.75, 3.05) is 27.0 Å². The van der Waals surface area contributed by atoms with Gasteiger partial charge in [-0.3, -0.25) is 4.90 Å². The standard InChI is InChI=1S/C26H30N4O4S/c1-15(2)14-30-16(3)22(25-28-24(29-34-25)17-7-10-19(35-6)11-8-17)23(27-26(30)31)18-9-12-20(32-4)21(13-18)33-5/h7-13,15,23H,14H2,1-6H3,(H,27,31). The van der Waals surface area contributed by atoms with Crippen molar-refractivity contribution in [2.24, 2.45) is 5.92 Å². The maximum atomic E-state index is 13.1. The van der Waals surface area contributed by atoms with Crippen LogP contribution < -0.4 is 14.8 Å². The lowest BCUT2D eigenvalue weighted by Crippen LogP contribution is -2.47. The molecule has 0 bridgehead atoms. The van der Waals surface area contributed by atoms with E-state index in [2.05, 4.69) is 24.3 Å². The molecule has 0 saturated carbocycles. The van der Waals surface area contributed by atoms with Crippen LogP contribution in [-0.4, -0.2) is 48.1 Å². The molecule has 2 heterocycles. The fourth-order valence-corrected chi connectivity index (χ4v) is 4.52. The van der Waals surface area contributed by atoms with Gasteiger partial charge in [-0.1, -0.05) is 25.1 Å². The van der Waals surface area contributed by atoms with Gasteiger partial charge >= 0.3 is 6.03 Å². The lowest BCUT2D eigenvalue weighted by molar-refractivity contribution is 0.199. The number of urea groups is 1. The van der Waals surface area contributed by atoms with Gasteiger partial charge in [-0.25, -0.2) is 4.79 Å². The molecule has 2 aromatic carbocycles. The van der Waals surface area contributed by atoms with E-state index < -0.39 is 6.04 Å². The molecule has 35 heavy (non-hydrogen) atoms.